The summed E-state index contributed by atoms with van der Waals surface area (Å²) in [4.78, 5) is 0. The lowest BCUT2D eigenvalue weighted by atomic mass is 10.2. The lowest BCUT2D eigenvalue weighted by Crippen LogP contribution is -2.60. The highest BCUT2D eigenvalue weighted by atomic mass is 16.5. The van der Waals surface area contributed by atoms with Gasteiger partial charge in [-0.3, -0.25) is 0 Å². The first-order valence-electron chi connectivity index (χ1n) is 5.20. The molecule has 2 atom stereocenters. The van der Waals surface area contributed by atoms with Crippen LogP contribution in [0.2, 0.25) is 0 Å². The standard InChI is InChI=1S/C10H20NO/c1-9-3-4-10(2)11(9)5-7-12-8-6-11/h9-10H,3-8H2,1-2H3/q+1. The minimum absolute atomic E-state index is 0.879. The quantitative estimate of drug-likeness (QED) is 0.499. The van der Waals surface area contributed by atoms with Crippen LogP contribution in [0.5, 0.6) is 0 Å². The summed E-state index contributed by atoms with van der Waals surface area (Å²) in [6.07, 6.45) is 2.84. The van der Waals surface area contributed by atoms with Crippen molar-refractivity contribution in [2.24, 2.45) is 0 Å². The number of quaternary nitrogens is 1. The normalized spacial score (nSPS) is 40.5. The van der Waals surface area contributed by atoms with E-state index in [-0.39, 0.29) is 0 Å². The maximum atomic E-state index is 5.44. The van der Waals surface area contributed by atoms with Crippen LogP contribution in [0, 0.1) is 0 Å². The Hall–Kier alpha value is -0.0800. The fourth-order valence-electron chi connectivity index (χ4n) is 3.00. The lowest BCUT2D eigenvalue weighted by molar-refractivity contribution is -0.963. The molecule has 2 aliphatic heterocycles. The summed E-state index contributed by atoms with van der Waals surface area (Å²) >= 11 is 0. The summed E-state index contributed by atoms with van der Waals surface area (Å²) < 4.78 is 6.78. The van der Waals surface area contributed by atoms with Gasteiger partial charge in [-0.1, -0.05) is 0 Å². The van der Waals surface area contributed by atoms with Gasteiger partial charge in [-0.15, -0.1) is 0 Å². The van der Waals surface area contributed by atoms with Gasteiger partial charge in [0.1, 0.15) is 13.1 Å². The molecule has 0 N–H and O–H groups in total. The third-order valence-corrected chi connectivity index (χ3v) is 4.06. The van der Waals surface area contributed by atoms with Gasteiger partial charge < -0.3 is 9.22 Å². The molecule has 2 rings (SSSR count). The van der Waals surface area contributed by atoms with E-state index in [0.29, 0.717) is 0 Å². The summed E-state index contributed by atoms with van der Waals surface area (Å²) in [7, 11) is 0. The van der Waals surface area contributed by atoms with Crippen LogP contribution in [-0.2, 0) is 4.74 Å². The largest absolute Gasteiger partial charge is 0.370 e. The van der Waals surface area contributed by atoms with Crippen LogP contribution in [-0.4, -0.2) is 42.9 Å². The molecule has 0 bridgehead atoms. The smallest absolute Gasteiger partial charge is 0.103 e. The van der Waals surface area contributed by atoms with Gasteiger partial charge >= 0.3 is 0 Å². The number of nitrogens with zero attached hydrogens (tertiary/aromatic N) is 1. The molecule has 2 fully saturated rings. The zero-order valence-electron chi connectivity index (χ0n) is 8.25. The van der Waals surface area contributed by atoms with E-state index in [9.17, 15) is 0 Å². The Kier molecular flexibility index (Phi) is 2.13. The molecule has 0 radical (unpaired) electrons. The molecule has 1 spiro atoms. The lowest BCUT2D eigenvalue weighted by Gasteiger charge is -2.45. The number of hydrogen-bond donors (Lipinski definition) is 0. The molecule has 2 unspecified atom stereocenters. The molecule has 2 saturated heterocycles. The van der Waals surface area contributed by atoms with E-state index in [4.69, 9.17) is 4.74 Å². The Labute approximate surface area is 75.1 Å². The summed E-state index contributed by atoms with van der Waals surface area (Å²) in [5, 5.41) is 0. The average molecular weight is 170 g/mol. The Morgan fingerprint density at radius 2 is 1.50 bits per heavy atom. The van der Waals surface area contributed by atoms with Crippen LogP contribution in [0.1, 0.15) is 26.7 Å². The van der Waals surface area contributed by atoms with Gasteiger partial charge in [-0.05, 0) is 13.8 Å². The molecule has 2 aliphatic rings. The first kappa shape index (κ1) is 8.52. The summed E-state index contributed by atoms with van der Waals surface area (Å²) in [5.41, 5.74) is 0. The molecule has 2 heteroatoms. The van der Waals surface area contributed by atoms with Crippen molar-refractivity contribution >= 4 is 0 Å². The van der Waals surface area contributed by atoms with Crippen LogP contribution in [0.4, 0.5) is 0 Å². The van der Waals surface area contributed by atoms with E-state index < -0.39 is 0 Å². The number of ether oxygens (including phenoxy) is 1. The molecule has 0 aromatic carbocycles. The minimum atomic E-state index is 0.879. The number of rotatable bonds is 0. The van der Waals surface area contributed by atoms with E-state index in [0.717, 1.165) is 25.3 Å². The first-order valence-corrected chi connectivity index (χ1v) is 5.20. The Morgan fingerprint density at radius 3 is 2.00 bits per heavy atom. The zero-order valence-corrected chi connectivity index (χ0v) is 8.25. The van der Waals surface area contributed by atoms with E-state index >= 15 is 0 Å². The molecule has 2 nitrogen and oxygen atoms in total. The topological polar surface area (TPSA) is 9.23 Å². The van der Waals surface area contributed by atoms with Crippen molar-refractivity contribution in [1.82, 2.24) is 0 Å². The van der Waals surface area contributed by atoms with Gasteiger partial charge in [0.2, 0.25) is 0 Å². The molecule has 0 saturated carbocycles. The Bertz CT molecular complexity index is 151. The average Bonchev–Trinajstić information content (AvgIpc) is 2.36. The van der Waals surface area contributed by atoms with Crippen molar-refractivity contribution in [2.45, 2.75) is 38.8 Å². The van der Waals surface area contributed by atoms with Crippen LogP contribution >= 0.6 is 0 Å². The van der Waals surface area contributed by atoms with Crippen molar-refractivity contribution in [2.75, 3.05) is 26.3 Å². The third-order valence-electron chi connectivity index (χ3n) is 4.06. The van der Waals surface area contributed by atoms with E-state index in [1.807, 2.05) is 0 Å². The Morgan fingerprint density at radius 1 is 1.00 bits per heavy atom. The van der Waals surface area contributed by atoms with Gasteiger partial charge in [-0.2, -0.15) is 0 Å². The van der Waals surface area contributed by atoms with Gasteiger partial charge in [0, 0.05) is 12.8 Å². The van der Waals surface area contributed by atoms with Crippen LogP contribution in [0.25, 0.3) is 0 Å². The molecule has 12 heavy (non-hydrogen) atoms. The molecule has 0 amide bonds. The summed E-state index contributed by atoms with van der Waals surface area (Å²) in [6.45, 7) is 9.29. The first-order chi connectivity index (χ1) is 5.76. The third kappa shape index (κ3) is 1.09. The second-order valence-electron chi connectivity index (χ2n) is 4.44. The van der Waals surface area contributed by atoms with Crippen molar-refractivity contribution < 1.29 is 9.22 Å². The summed E-state index contributed by atoms with van der Waals surface area (Å²) in [6, 6.07) is 1.76. The van der Waals surface area contributed by atoms with Crippen molar-refractivity contribution in [1.29, 1.82) is 0 Å². The fourth-order valence-corrected chi connectivity index (χ4v) is 3.00. The van der Waals surface area contributed by atoms with E-state index in [1.165, 1.54) is 30.4 Å². The highest BCUT2D eigenvalue weighted by molar-refractivity contribution is 4.72. The molecular formula is C10H20NO+. The monoisotopic (exact) mass is 170 g/mol. The molecule has 70 valence electrons. The summed E-state index contributed by atoms with van der Waals surface area (Å²) in [5.74, 6) is 0. The molecule has 2 heterocycles. The molecular weight excluding hydrogens is 150 g/mol. The molecule has 0 aromatic heterocycles. The molecule has 0 aliphatic carbocycles. The van der Waals surface area contributed by atoms with E-state index in [2.05, 4.69) is 13.8 Å². The van der Waals surface area contributed by atoms with Gasteiger partial charge in [0.05, 0.1) is 25.3 Å². The maximum absolute atomic E-state index is 5.44. The number of hydrogen-bond acceptors (Lipinski definition) is 1. The van der Waals surface area contributed by atoms with Gasteiger partial charge in [0.25, 0.3) is 0 Å². The predicted molar refractivity (Wildman–Crippen MR) is 49.0 cm³/mol. The van der Waals surface area contributed by atoms with Crippen molar-refractivity contribution in [3.63, 3.8) is 0 Å². The predicted octanol–water partition coefficient (Wildman–Crippen LogP) is 1.40. The second kappa shape index (κ2) is 3.00. The van der Waals surface area contributed by atoms with Gasteiger partial charge in [0.15, 0.2) is 0 Å². The minimum Gasteiger partial charge on any atom is -0.370 e. The number of morpholine rings is 1. The second-order valence-corrected chi connectivity index (χ2v) is 4.44. The highest BCUT2D eigenvalue weighted by Crippen LogP contribution is 2.33. The molecule has 0 aromatic rings. The SMILES string of the molecule is CC1CCC(C)[N+]12CCOCC2. The maximum Gasteiger partial charge on any atom is 0.103 e. The highest BCUT2D eigenvalue weighted by Gasteiger charge is 2.45. The van der Waals surface area contributed by atoms with Gasteiger partial charge in [-0.25, -0.2) is 0 Å². The van der Waals surface area contributed by atoms with Crippen LogP contribution in [0.15, 0.2) is 0 Å². The van der Waals surface area contributed by atoms with Crippen LogP contribution < -0.4 is 0 Å². The Balaban J connectivity index is 2.14. The van der Waals surface area contributed by atoms with E-state index in [1.54, 1.807) is 0 Å². The van der Waals surface area contributed by atoms with Crippen molar-refractivity contribution in [3.8, 4) is 0 Å². The van der Waals surface area contributed by atoms with Crippen molar-refractivity contribution in [3.05, 3.63) is 0 Å². The van der Waals surface area contributed by atoms with Crippen LogP contribution in [0.3, 0.4) is 0 Å². The fraction of sp³-hybridized carbons (Fsp3) is 1.00. The zero-order chi connectivity index (χ0) is 8.60.